The van der Waals surface area contributed by atoms with E-state index in [4.69, 9.17) is 14.2 Å². The quantitative estimate of drug-likeness (QED) is 0.621. The molecule has 7 nitrogen and oxygen atoms in total. The first-order chi connectivity index (χ1) is 12.6. The van der Waals surface area contributed by atoms with Gasteiger partial charge in [-0.2, -0.15) is 0 Å². The maximum atomic E-state index is 10.8. The van der Waals surface area contributed by atoms with Crippen molar-refractivity contribution in [3.05, 3.63) is 53.1 Å². The first-order valence-electron chi connectivity index (χ1n) is 7.87. The van der Waals surface area contributed by atoms with Crippen LogP contribution in [0.4, 0.5) is 0 Å². The Bertz CT molecular complexity index is 694. The summed E-state index contributed by atoms with van der Waals surface area (Å²) in [5.41, 5.74) is 1.33. The zero-order valence-electron chi connectivity index (χ0n) is 14.3. The maximum Gasteiger partial charge on any atom is 0.161 e. The lowest BCUT2D eigenvalue weighted by Crippen LogP contribution is -2.25. The molecule has 0 aliphatic carbocycles. The van der Waals surface area contributed by atoms with E-state index in [0.29, 0.717) is 46.5 Å². The highest BCUT2D eigenvalue weighted by molar-refractivity contribution is 5.76. The Morgan fingerprint density at radius 2 is 1.50 bits per heavy atom. The van der Waals surface area contributed by atoms with Gasteiger partial charge in [0.15, 0.2) is 11.5 Å². The van der Waals surface area contributed by atoms with Crippen LogP contribution in [0.5, 0.6) is 17.2 Å². The van der Waals surface area contributed by atoms with Gasteiger partial charge in [-0.25, -0.2) is 0 Å². The fraction of sp³-hybridized carbons (Fsp3) is 0.263. The van der Waals surface area contributed by atoms with Gasteiger partial charge in [0.1, 0.15) is 37.6 Å². The van der Waals surface area contributed by atoms with Crippen LogP contribution in [0.1, 0.15) is 26.3 Å². The predicted octanol–water partition coefficient (Wildman–Crippen LogP) is 1.63. The molecule has 1 unspecified atom stereocenters. The lowest BCUT2D eigenvalue weighted by molar-refractivity contribution is 0.0608. The molecule has 0 radical (unpaired) electrons. The highest BCUT2D eigenvalue weighted by Gasteiger charge is 2.12. The number of aliphatic hydroxyl groups is 2. The van der Waals surface area contributed by atoms with Crippen molar-refractivity contribution in [2.24, 2.45) is 0 Å². The number of benzene rings is 2. The summed E-state index contributed by atoms with van der Waals surface area (Å²) in [6.07, 6.45) is 0.432. The van der Waals surface area contributed by atoms with E-state index in [9.17, 15) is 19.8 Å². The molecule has 0 bridgehead atoms. The second-order valence-electron chi connectivity index (χ2n) is 5.45. The van der Waals surface area contributed by atoms with E-state index < -0.39 is 6.10 Å². The van der Waals surface area contributed by atoms with Crippen molar-refractivity contribution < 1.29 is 34.0 Å². The molecule has 2 aromatic rings. The van der Waals surface area contributed by atoms with Crippen LogP contribution >= 0.6 is 0 Å². The number of ether oxygens (including phenoxy) is 3. The zero-order chi connectivity index (χ0) is 18.9. The van der Waals surface area contributed by atoms with Crippen LogP contribution in [0.2, 0.25) is 0 Å². The SMILES string of the molecule is COc1cc(C=O)ccc1OCC(O)COc1ccc(C=O)cc1CO. The van der Waals surface area contributed by atoms with Crippen molar-refractivity contribution in [1.29, 1.82) is 0 Å². The molecule has 0 fully saturated rings. The van der Waals surface area contributed by atoms with Gasteiger partial charge in [-0.1, -0.05) is 0 Å². The normalized spacial score (nSPS) is 11.5. The summed E-state index contributed by atoms with van der Waals surface area (Å²) in [7, 11) is 1.45. The van der Waals surface area contributed by atoms with Crippen molar-refractivity contribution in [3.63, 3.8) is 0 Å². The van der Waals surface area contributed by atoms with Crippen LogP contribution in [0.25, 0.3) is 0 Å². The number of carbonyl (C=O) groups excluding carboxylic acids is 2. The molecule has 0 amide bonds. The zero-order valence-corrected chi connectivity index (χ0v) is 14.3. The van der Waals surface area contributed by atoms with E-state index in [1.165, 1.54) is 19.2 Å². The highest BCUT2D eigenvalue weighted by Crippen LogP contribution is 2.27. The first-order valence-corrected chi connectivity index (χ1v) is 7.87. The monoisotopic (exact) mass is 360 g/mol. The number of aldehydes is 2. The van der Waals surface area contributed by atoms with Gasteiger partial charge in [0.05, 0.1) is 13.7 Å². The summed E-state index contributed by atoms with van der Waals surface area (Å²) in [5, 5.41) is 19.4. The van der Waals surface area contributed by atoms with Crippen LogP contribution < -0.4 is 14.2 Å². The Labute approximate surface area is 150 Å². The van der Waals surface area contributed by atoms with Gasteiger partial charge in [-0.05, 0) is 36.4 Å². The smallest absolute Gasteiger partial charge is 0.161 e. The maximum absolute atomic E-state index is 10.8. The standard InChI is InChI=1S/C19H20O7/c1-24-19-7-14(9-21)3-5-18(19)26-12-16(23)11-25-17-4-2-13(8-20)6-15(17)10-22/h2-9,16,22-23H,10-12H2,1H3. The average Bonchev–Trinajstić information content (AvgIpc) is 2.70. The largest absolute Gasteiger partial charge is 0.493 e. The molecule has 0 heterocycles. The van der Waals surface area contributed by atoms with Crippen LogP contribution in [0.3, 0.4) is 0 Å². The first kappa shape index (κ1) is 19.4. The minimum Gasteiger partial charge on any atom is -0.493 e. The number of methoxy groups -OCH3 is 1. The van der Waals surface area contributed by atoms with Crippen molar-refractivity contribution in [2.45, 2.75) is 12.7 Å². The minimum absolute atomic E-state index is 0.0579. The van der Waals surface area contributed by atoms with Gasteiger partial charge in [0, 0.05) is 16.7 Å². The third-order valence-corrected chi connectivity index (χ3v) is 3.58. The molecule has 26 heavy (non-hydrogen) atoms. The lowest BCUT2D eigenvalue weighted by atomic mass is 10.1. The van der Waals surface area contributed by atoms with Gasteiger partial charge in [-0.3, -0.25) is 9.59 Å². The lowest BCUT2D eigenvalue weighted by Gasteiger charge is -2.16. The predicted molar refractivity (Wildman–Crippen MR) is 93.1 cm³/mol. The van der Waals surface area contributed by atoms with Crippen molar-refractivity contribution >= 4 is 12.6 Å². The summed E-state index contributed by atoms with van der Waals surface area (Å²) in [6, 6.07) is 9.33. The third-order valence-electron chi connectivity index (χ3n) is 3.58. The Morgan fingerprint density at radius 3 is 2.08 bits per heavy atom. The van der Waals surface area contributed by atoms with Crippen molar-refractivity contribution in [1.82, 2.24) is 0 Å². The molecule has 0 spiro atoms. The number of hydrogen-bond donors (Lipinski definition) is 2. The van der Waals surface area contributed by atoms with Gasteiger partial charge in [0.25, 0.3) is 0 Å². The molecule has 2 N–H and O–H groups in total. The molecule has 0 saturated heterocycles. The molecule has 0 saturated carbocycles. The second-order valence-corrected chi connectivity index (χ2v) is 5.45. The van der Waals surface area contributed by atoms with Gasteiger partial charge in [-0.15, -0.1) is 0 Å². The molecular formula is C19H20O7. The Hall–Kier alpha value is -2.90. The Morgan fingerprint density at radius 1 is 0.923 bits per heavy atom. The fourth-order valence-electron chi connectivity index (χ4n) is 2.23. The van der Waals surface area contributed by atoms with Crippen LogP contribution in [-0.2, 0) is 6.61 Å². The van der Waals surface area contributed by atoms with E-state index in [0.717, 1.165) is 0 Å². The summed E-state index contributed by atoms with van der Waals surface area (Å²) < 4.78 is 16.1. The number of carbonyl (C=O) groups is 2. The van der Waals surface area contributed by atoms with Crippen LogP contribution in [0, 0.1) is 0 Å². The molecule has 0 aromatic heterocycles. The second kappa shape index (κ2) is 9.55. The Balaban J connectivity index is 1.92. The summed E-state index contributed by atoms with van der Waals surface area (Å²) in [4.78, 5) is 21.5. The number of hydrogen-bond acceptors (Lipinski definition) is 7. The topological polar surface area (TPSA) is 102 Å². The van der Waals surface area contributed by atoms with Crippen molar-refractivity contribution in [2.75, 3.05) is 20.3 Å². The van der Waals surface area contributed by atoms with Gasteiger partial charge < -0.3 is 24.4 Å². The summed E-state index contributed by atoms with van der Waals surface area (Å²) in [6.45, 7) is -0.413. The van der Waals surface area contributed by atoms with Crippen molar-refractivity contribution in [3.8, 4) is 17.2 Å². The van der Waals surface area contributed by atoms with Crippen LogP contribution in [-0.4, -0.2) is 49.2 Å². The fourth-order valence-corrected chi connectivity index (χ4v) is 2.23. The molecule has 0 aliphatic rings. The van der Waals surface area contributed by atoms with E-state index in [2.05, 4.69) is 0 Å². The van der Waals surface area contributed by atoms with Gasteiger partial charge >= 0.3 is 0 Å². The number of rotatable bonds is 10. The molecule has 138 valence electrons. The highest BCUT2D eigenvalue weighted by atomic mass is 16.5. The van der Waals surface area contributed by atoms with E-state index in [-0.39, 0.29) is 19.8 Å². The molecule has 0 aliphatic heterocycles. The van der Waals surface area contributed by atoms with E-state index in [1.807, 2.05) is 0 Å². The Kier molecular flexibility index (Phi) is 7.13. The average molecular weight is 360 g/mol. The van der Waals surface area contributed by atoms with E-state index in [1.54, 1.807) is 24.3 Å². The number of aliphatic hydroxyl groups excluding tert-OH is 2. The summed E-state index contributed by atoms with van der Waals surface area (Å²) in [5.74, 6) is 1.16. The summed E-state index contributed by atoms with van der Waals surface area (Å²) >= 11 is 0. The molecular weight excluding hydrogens is 340 g/mol. The third kappa shape index (κ3) is 5.05. The molecule has 7 heteroatoms. The van der Waals surface area contributed by atoms with E-state index >= 15 is 0 Å². The molecule has 2 rings (SSSR count). The molecule has 1 atom stereocenters. The van der Waals surface area contributed by atoms with Gasteiger partial charge in [0.2, 0.25) is 0 Å². The minimum atomic E-state index is -0.942. The van der Waals surface area contributed by atoms with Crippen LogP contribution in [0.15, 0.2) is 36.4 Å². The molecule has 2 aromatic carbocycles.